The largest absolute Gasteiger partial charge is 0.531 e. The Kier molecular flexibility index (Phi) is 23.6. The van der Waals surface area contributed by atoms with Gasteiger partial charge in [0.25, 0.3) is 0 Å². The number of methoxy groups -OCH3 is 1. The molecule has 0 N–H and O–H groups in total. The smallest absolute Gasteiger partial charge is 0.338 e. The summed E-state index contributed by atoms with van der Waals surface area (Å²) in [7, 11) is -12.2. The highest BCUT2D eigenvalue weighted by Crippen LogP contribution is 2.50. The van der Waals surface area contributed by atoms with Crippen LogP contribution in [0.2, 0.25) is 20.2 Å². The van der Waals surface area contributed by atoms with Gasteiger partial charge in [-0.2, -0.15) is 0 Å². The van der Waals surface area contributed by atoms with Gasteiger partial charge in [-0.15, -0.1) is 0 Å². The van der Waals surface area contributed by atoms with Crippen LogP contribution >= 0.6 is 0 Å². The van der Waals surface area contributed by atoms with Crippen LogP contribution < -0.4 is 78.1 Å². The molecule has 11 rings (SSSR count). The van der Waals surface area contributed by atoms with Gasteiger partial charge in [0, 0.05) is 6.07 Å². The average molecular weight is 1480 g/mol. The molecule has 14 heteroatoms. The van der Waals surface area contributed by atoms with Crippen molar-refractivity contribution in [3.8, 4) is 46.0 Å². The summed E-state index contributed by atoms with van der Waals surface area (Å²) < 4.78 is 65.6. The van der Waals surface area contributed by atoms with Gasteiger partial charge in [-0.3, -0.25) is 0 Å². The van der Waals surface area contributed by atoms with E-state index in [0.29, 0.717) is 57.1 Å². The Morgan fingerprint density at radius 1 is 0.311 bits per heavy atom. The summed E-state index contributed by atoms with van der Waals surface area (Å²) in [6.07, 6.45) is 3.48. The van der Waals surface area contributed by atoms with Crippen LogP contribution in [0.15, 0.2) is 310 Å². The van der Waals surface area contributed by atoms with Gasteiger partial charge in [-0.05, 0) is 109 Å². The molecule has 106 heavy (non-hydrogen) atoms. The van der Waals surface area contributed by atoms with Gasteiger partial charge in [-0.1, -0.05) is 351 Å². The minimum absolute atomic E-state index is 0.0158. The molecule has 0 saturated heterocycles. The summed E-state index contributed by atoms with van der Waals surface area (Å²) in [5.74, 6) is 2.91. The van der Waals surface area contributed by atoms with Crippen LogP contribution in [0.1, 0.15) is 105 Å². The van der Waals surface area contributed by atoms with Gasteiger partial charge in [0.05, 0.1) is 12.7 Å². The number of carbonyl (C=O) groups excluding carboxylic acids is 1. The molecular formula is C92H100O10Si4. The molecule has 0 aliphatic carbocycles. The van der Waals surface area contributed by atoms with Crippen molar-refractivity contribution in [2.24, 2.45) is 0 Å². The first kappa shape index (κ1) is 76.8. The average Bonchev–Trinajstić information content (AvgIpc) is 0.746. The number of esters is 1. The molecule has 0 atom stereocenters. The fourth-order valence-electron chi connectivity index (χ4n) is 14.9. The quantitative estimate of drug-likeness (QED) is 0.0256. The maximum absolute atomic E-state index is 14.1. The zero-order valence-electron chi connectivity index (χ0n) is 63.6. The van der Waals surface area contributed by atoms with Crippen molar-refractivity contribution in [2.75, 3.05) is 20.3 Å². The Labute approximate surface area is 632 Å². The molecular weight excluding hydrogens is 1380 g/mol. The van der Waals surface area contributed by atoms with Gasteiger partial charge in [0.15, 0.2) is 23.0 Å². The zero-order valence-corrected chi connectivity index (χ0v) is 67.6. The molecule has 0 aromatic heterocycles. The zero-order chi connectivity index (χ0) is 75.4. The third-order valence-corrected chi connectivity index (χ3v) is 39.4. The van der Waals surface area contributed by atoms with E-state index in [1.54, 1.807) is 30.4 Å². The lowest BCUT2D eigenvalue weighted by atomic mass is 10.1. The van der Waals surface area contributed by atoms with Crippen molar-refractivity contribution in [3.63, 3.8) is 0 Å². The predicted molar refractivity (Wildman–Crippen MR) is 444 cm³/mol. The summed E-state index contributed by atoms with van der Waals surface area (Å²) in [5.41, 5.74) is 1.63. The first-order chi connectivity index (χ1) is 50.8. The van der Waals surface area contributed by atoms with Crippen molar-refractivity contribution in [3.05, 3.63) is 327 Å². The normalized spacial score (nSPS) is 12.3. The van der Waals surface area contributed by atoms with Crippen molar-refractivity contribution < 1.29 is 46.2 Å². The van der Waals surface area contributed by atoms with Gasteiger partial charge in [0.1, 0.15) is 37.9 Å². The first-order valence-electron chi connectivity index (χ1n) is 36.3. The minimum atomic E-state index is -3.39. The van der Waals surface area contributed by atoms with E-state index in [4.69, 9.17) is 41.4 Å². The molecule has 11 aromatic rings. The highest BCUT2D eigenvalue weighted by Gasteiger charge is 2.57. The van der Waals surface area contributed by atoms with E-state index in [1.165, 1.54) is 7.11 Å². The van der Waals surface area contributed by atoms with Crippen LogP contribution in [0.25, 0.3) is 0 Å². The van der Waals surface area contributed by atoms with Crippen LogP contribution in [-0.4, -0.2) is 59.6 Å². The van der Waals surface area contributed by atoms with E-state index in [2.05, 4.69) is 290 Å². The fraction of sp³-hybridized carbons (Fsp3) is 0.228. The summed E-state index contributed by atoms with van der Waals surface area (Å²) in [4.78, 5) is 14.1. The molecule has 0 amide bonds. The Morgan fingerprint density at radius 2 is 0.519 bits per heavy atom. The maximum Gasteiger partial charge on any atom is 0.338 e. The summed E-state index contributed by atoms with van der Waals surface area (Å²) in [5, 5.41) is 6.84. The Balaban J connectivity index is 1.08. The second-order valence-corrected chi connectivity index (χ2v) is 47.7. The molecule has 0 unspecified atom stereocenters. The van der Waals surface area contributed by atoms with E-state index >= 15 is 0 Å². The topological polar surface area (TPSA) is 100 Å². The first-order valence-corrected chi connectivity index (χ1v) is 44.0. The summed E-state index contributed by atoms with van der Waals surface area (Å²) in [6.45, 7) is 35.6. The Bertz CT molecular complexity index is 4030. The minimum Gasteiger partial charge on any atom is -0.531 e. The van der Waals surface area contributed by atoms with E-state index in [1.807, 2.05) is 72.8 Å². The standard InChI is InChI=1S/C92H100O10Si4/c1-16-58-95-86-82(99-103(89(3,4)5,74-42-26-18-27-43-74)75-44-28-19-29-45-75)60-69(61-83(86)100-104(90(6,7)8,76-46-30-20-31-47-76)77-48-32-21-33-49-77)67-97-72-64-71(88(93)94-15)65-73(66-72)98-68-70-62-84(101-105(91(9,10)11,78-50-34-22-35-51-78)79-52-36-23-37-53-79)87(96-59-17-2)85(63-70)102-106(92(12,13)14,80-54-38-24-39-55-80)81-56-40-25-41-57-81/h16-57,60-66H,1-2,58-59,67-68H2,3-15H3. The summed E-state index contributed by atoms with van der Waals surface area (Å²) >= 11 is 0. The van der Waals surface area contributed by atoms with Crippen LogP contribution in [-0.2, 0) is 18.0 Å². The van der Waals surface area contributed by atoms with Crippen LogP contribution in [0, 0.1) is 0 Å². The molecule has 0 saturated carbocycles. The van der Waals surface area contributed by atoms with Crippen molar-refractivity contribution in [1.82, 2.24) is 0 Å². The molecule has 0 aliphatic heterocycles. The Hall–Kier alpha value is -10.4. The SMILES string of the molecule is C=CCOc1c(O[Si](c2ccccc2)(c2ccccc2)C(C)(C)C)cc(COc2cc(OCc3cc(O[Si](c4ccccc4)(c4ccccc4)C(C)(C)C)c(OCC=C)c(O[Si](c4ccccc4)(c4ccccc4)C(C)(C)C)c3)cc(C(=O)OC)c2)cc1O[Si](c1ccccc1)(c1ccccc1)C(C)(C)C. The highest BCUT2D eigenvalue weighted by atomic mass is 28.4. The van der Waals surface area contributed by atoms with Crippen molar-refractivity contribution in [2.45, 2.75) is 116 Å². The second-order valence-electron chi connectivity index (χ2n) is 30.9. The molecule has 544 valence electrons. The molecule has 0 radical (unpaired) electrons. The highest BCUT2D eigenvalue weighted by molar-refractivity contribution is 7.02. The van der Waals surface area contributed by atoms with E-state index in [-0.39, 0.29) is 32.0 Å². The van der Waals surface area contributed by atoms with Crippen LogP contribution in [0.4, 0.5) is 0 Å². The molecule has 0 fully saturated rings. The molecule has 10 nitrogen and oxygen atoms in total. The van der Waals surface area contributed by atoms with Gasteiger partial charge >= 0.3 is 39.2 Å². The van der Waals surface area contributed by atoms with Crippen molar-refractivity contribution >= 4 is 80.7 Å². The van der Waals surface area contributed by atoms with Gasteiger partial charge in [0.2, 0.25) is 11.5 Å². The Morgan fingerprint density at radius 3 is 0.698 bits per heavy atom. The van der Waals surface area contributed by atoms with Gasteiger partial charge in [-0.25, -0.2) is 4.79 Å². The van der Waals surface area contributed by atoms with E-state index in [0.717, 1.165) is 41.5 Å². The van der Waals surface area contributed by atoms with E-state index < -0.39 is 59.4 Å². The van der Waals surface area contributed by atoms with Crippen LogP contribution in [0.5, 0.6) is 46.0 Å². The number of rotatable bonds is 29. The maximum atomic E-state index is 14.1. The third kappa shape index (κ3) is 15.8. The monoisotopic (exact) mass is 1480 g/mol. The lowest BCUT2D eigenvalue weighted by molar-refractivity contribution is 0.0599. The number of hydrogen-bond donors (Lipinski definition) is 0. The number of carbonyl (C=O) groups is 1. The number of hydrogen-bond acceptors (Lipinski definition) is 10. The molecule has 0 aliphatic rings. The third-order valence-electron chi connectivity index (χ3n) is 19.7. The molecule has 0 bridgehead atoms. The van der Waals surface area contributed by atoms with E-state index in [9.17, 15) is 4.79 Å². The lowest BCUT2D eigenvalue weighted by Gasteiger charge is -2.44. The summed E-state index contributed by atoms with van der Waals surface area (Å²) in [6, 6.07) is 97.6. The number of ether oxygens (including phenoxy) is 5. The lowest BCUT2D eigenvalue weighted by Crippen LogP contribution is -2.69. The molecule has 0 heterocycles. The van der Waals surface area contributed by atoms with Crippen molar-refractivity contribution in [1.29, 1.82) is 0 Å². The van der Waals surface area contributed by atoms with Gasteiger partial charge < -0.3 is 41.4 Å². The van der Waals surface area contributed by atoms with Crippen LogP contribution in [0.3, 0.4) is 0 Å². The fourth-order valence-corrected chi connectivity index (χ4v) is 32.5. The molecule has 0 spiro atoms. The predicted octanol–water partition coefficient (Wildman–Crippen LogP) is 17.5. The second kappa shape index (κ2) is 32.6. The number of benzene rings is 11. The molecule has 11 aromatic carbocycles.